The van der Waals surface area contributed by atoms with Crippen LogP contribution in [0.4, 0.5) is 10.5 Å². The summed E-state index contributed by atoms with van der Waals surface area (Å²) >= 11 is 0. The minimum atomic E-state index is -0.183. The molecule has 1 aliphatic heterocycles. The molecular formula is C17H21N3O2. The Hall–Kier alpha value is -2.14. The van der Waals surface area contributed by atoms with Gasteiger partial charge in [-0.2, -0.15) is 0 Å². The van der Waals surface area contributed by atoms with Gasteiger partial charge in [-0.15, -0.1) is 0 Å². The van der Waals surface area contributed by atoms with Gasteiger partial charge in [0.05, 0.1) is 17.3 Å². The molecule has 1 aliphatic rings. The van der Waals surface area contributed by atoms with Crippen LogP contribution in [0.2, 0.25) is 0 Å². The molecule has 0 spiro atoms. The third-order valence-corrected chi connectivity index (χ3v) is 4.03. The Balaban J connectivity index is 1.59. The first-order valence-corrected chi connectivity index (χ1v) is 7.72. The average Bonchev–Trinajstić information content (AvgIpc) is 2.53. The van der Waals surface area contributed by atoms with Crippen LogP contribution < -0.4 is 10.6 Å². The monoisotopic (exact) mass is 299 g/mol. The number of hydrogen-bond donors (Lipinski definition) is 2. The molecule has 0 radical (unpaired) electrons. The number of nitrogens with one attached hydrogen (secondary N) is 2. The highest BCUT2D eigenvalue weighted by atomic mass is 16.5. The molecule has 5 heteroatoms. The van der Waals surface area contributed by atoms with Gasteiger partial charge >= 0.3 is 6.03 Å². The minimum Gasteiger partial charge on any atom is -0.378 e. The molecule has 2 amide bonds. The van der Waals surface area contributed by atoms with Gasteiger partial charge in [0, 0.05) is 24.7 Å². The molecule has 2 heterocycles. The lowest BCUT2D eigenvalue weighted by atomic mass is 9.96. The summed E-state index contributed by atoms with van der Waals surface area (Å²) in [5, 5.41) is 6.86. The van der Waals surface area contributed by atoms with Crippen molar-refractivity contribution < 1.29 is 9.53 Å². The Kier molecular flexibility index (Phi) is 4.53. The fourth-order valence-electron chi connectivity index (χ4n) is 2.89. The molecule has 0 aliphatic carbocycles. The molecule has 2 atom stereocenters. The van der Waals surface area contributed by atoms with Gasteiger partial charge in [0.2, 0.25) is 0 Å². The fourth-order valence-corrected chi connectivity index (χ4v) is 2.89. The summed E-state index contributed by atoms with van der Waals surface area (Å²) in [5.41, 5.74) is 1.54. The first-order valence-electron chi connectivity index (χ1n) is 7.72. The van der Waals surface area contributed by atoms with Gasteiger partial charge in [-0.1, -0.05) is 18.2 Å². The van der Waals surface area contributed by atoms with E-state index in [-0.39, 0.29) is 12.1 Å². The van der Waals surface area contributed by atoms with Gasteiger partial charge in [0.15, 0.2) is 0 Å². The van der Waals surface area contributed by atoms with E-state index in [1.807, 2.05) is 30.3 Å². The maximum absolute atomic E-state index is 12.1. The van der Waals surface area contributed by atoms with Crippen LogP contribution in [0.25, 0.3) is 10.9 Å². The zero-order valence-electron chi connectivity index (χ0n) is 12.7. The highest BCUT2D eigenvalue weighted by Crippen LogP contribution is 2.21. The second kappa shape index (κ2) is 6.75. The maximum atomic E-state index is 12.1. The number of carbonyl (C=O) groups excluding carboxylic acids is 1. The predicted molar refractivity (Wildman–Crippen MR) is 86.9 cm³/mol. The lowest BCUT2D eigenvalue weighted by Gasteiger charge is -2.27. The Labute approximate surface area is 130 Å². The van der Waals surface area contributed by atoms with Crippen molar-refractivity contribution in [3.8, 4) is 0 Å². The van der Waals surface area contributed by atoms with Crippen LogP contribution in [-0.2, 0) is 4.74 Å². The maximum Gasteiger partial charge on any atom is 0.319 e. The van der Waals surface area contributed by atoms with Crippen molar-refractivity contribution in [1.29, 1.82) is 0 Å². The molecule has 2 N–H and O–H groups in total. The Morgan fingerprint density at radius 2 is 2.23 bits per heavy atom. The topological polar surface area (TPSA) is 63.2 Å². The third kappa shape index (κ3) is 3.54. The zero-order chi connectivity index (χ0) is 15.4. The van der Waals surface area contributed by atoms with E-state index < -0.39 is 0 Å². The highest BCUT2D eigenvalue weighted by Gasteiger charge is 2.19. The smallest absolute Gasteiger partial charge is 0.319 e. The number of nitrogens with zero attached hydrogens (tertiary/aromatic N) is 1. The number of para-hydroxylation sites is 1. The van der Waals surface area contributed by atoms with Crippen molar-refractivity contribution in [2.45, 2.75) is 25.9 Å². The van der Waals surface area contributed by atoms with Crippen LogP contribution >= 0.6 is 0 Å². The zero-order valence-corrected chi connectivity index (χ0v) is 12.7. The van der Waals surface area contributed by atoms with Gasteiger partial charge in [0.1, 0.15) is 0 Å². The van der Waals surface area contributed by atoms with E-state index in [0.717, 1.165) is 36.0 Å². The largest absolute Gasteiger partial charge is 0.378 e. The number of ether oxygens (including phenoxy) is 1. The van der Waals surface area contributed by atoms with Crippen molar-refractivity contribution >= 4 is 22.6 Å². The van der Waals surface area contributed by atoms with Crippen LogP contribution in [0.15, 0.2) is 36.5 Å². The number of carbonyl (C=O) groups is 1. The number of urea groups is 1. The SMILES string of the molecule is CC1CC(CNC(=O)Nc2cccc3cccnc23)CCO1. The number of pyridine rings is 1. The summed E-state index contributed by atoms with van der Waals surface area (Å²) in [6.07, 6.45) is 4.01. The molecule has 5 nitrogen and oxygen atoms in total. The van der Waals surface area contributed by atoms with E-state index in [4.69, 9.17) is 4.74 Å². The lowest BCUT2D eigenvalue weighted by Crippen LogP contribution is -2.36. The molecule has 1 aromatic heterocycles. The number of benzene rings is 1. The normalized spacial score (nSPS) is 21.5. The summed E-state index contributed by atoms with van der Waals surface area (Å²) in [5.74, 6) is 0.486. The average molecular weight is 299 g/mol. The molecule has 1 aromatic carbocycles. The van der Waals surface area contributed by atoms with Crippen molar-refractivity contribution in [3.63, 3.8) is 0 Å². The number of anilines is 1. The van der Waals surface area contributed by atoms with Crippen LogP contribution in [0.1, 0.15) is 19.8 Å². The molecule has 1 fully saturated rings. The summed E-state index contributed by atoms with van der Waals surface area (Å²) in [4.78, 5) is 16.4. The molecule has 1 saturated heterocycles. The molecule has 2 unspecified atom stereocenters. The highest BCUT2D eigenvalue weighted by molar-refractivity contribution is 5.99. The fraction of sp³-hybridized carbons (Fsp3) is 0.412. The van der Waals surface area contributed by atoms with Crippen LogP contribution in [0, 0.1) is 5.92 Å². The number of rotatable bonds is 3. The van der Waals surface area contributed by atoms with Gasteiger partial charge < -0.3 is 15.4 Å². The van der Waals surface area contributed by atoms with Crippen molar-refractivity contribution in [1.82, 2.24) is 10.3 Å². The molecular weight excluding hydrogens is 278 g/mol. The Morgan fingerprint density at radius 1 is 1.36 bits per heavy atom. The molecule has 0 saturated carbocycles. The van der Waals surface area contributed by atoms with Gasteiger partial charge in [0.25, 0.3) is 0 Å². The summed E-state index contributed by atoms with van der Waals surface area (Å²) in [7, 11) is 0. The standard InChI is InChI=1S/C17H21N3O2/c1-12-10-13(7-9-22-12)11-19-17(21)20-15-6-2-4-14-5-3-8-18-16(14)15/h2-6,8,12-13H,7,9-11H2,1H3,(H2,19,20,21). The number of aromatic nitrogens is 1. The van der Waals surface area contributed by atoms with E-state index in [2.05, 4.69) is 22.5 Å². The van der Waals surface area contributed by atoms with Gasteiger partial charge in [-0.25, -0.2) is 4.79 Å². The molecule has 2 aromatic rings. The number of amides is 2. The quantitative estimate of drug-likeness (QED) is 0.915. The van der Waals surface area contributed by atoms with Crippen molar-refractivity contribution in [3.05, 3.63) is 36.5 Å². The third-order valence-electron chi connectivity index (χ3n) is 4.03. The Bertz CT molecular complexity index is 654. The lowest BCUT2D eigenvalue weighted by molar-refractivity contribution is 0.00354. The van der Waals surface area contributed by atoms with Gasteiger partial charge in [-0.3, -0.25) is 4.98 Å². The number of fused-ring (bicyclic) bond motifs is 1. The van der Waals surface area contributed by atoms with E-state index >= 15 is 0 Å². The van der Waals surface area contributed by atoms with E-state index in [1.165, 1.54) is 0 Å². The van der Waals surface area contributed by atoms with Crippen LogP contribution in [-0.4, -0.2) is 30.3 Å². The summed E-state index contributed by atoms with van der Waals surface area (Å²) < 4.78 is 5.52. The first-order chi connectivity index (χ1) is 10.7. The predicted octanol–water partition coefficient (Wildman–Crippen LogP) is 3.17. The molecule has 0 bridgehead atoms. The summed E-state index contributed by atoms with van der Waals surface area (Å²) in [6.45, 7) is 3.54. The minimum absolute atomic E-state index is 0.183. The molecule has 116 valence electrons. The second-order valence-corrected chi connectivity index (χ2v) is 5.79. The van der Waals surface area contributed by atoms with Crippen molar-refractivity contribution in [2.75, 3.05) is 18.5 Å². The van der Waals surface area contributed by atoms with E-state index in [9.17, 15) is 4.79 Å². The first kappa shape index (κ1) is 14.8. The summed E-state index contributed by atoms with van der Waals surface area (Å²) in [6, 6.07) is 9.45. The molecule has 3 rings (SSSR count). The van der Waals surface area contributed by atoms with E-state index in [0.29, 0.717) is 12.5 Å². The Morgan fingerprint density at radius 3 is 3.09 bits per heavy atom. The van der Waals surface area contributed by atoms with E-state index in [1.54, 1.807) is 6.20 Å². The van der Waals surface area contributed by atoms with Crippen molar-refractivity contribution in [2.24, 2.45) is 5.92 Å². The van der Waals surface area contributed by atoms with Crippen LogP contribution in [0.5, 0.6) is 0 Å². The second-order valence-electron chi connectivity index (χ2n) is 5.79. The molecule has 22 heavy (non-hydrogen) atoms. The van der Waals surface area contributed by atoms with Crippen LogP contribution in [0.3, 0.4) is 0 Å². The number of hydrogen-bond acceptors (Lipinski definition) is 3. The van der Waals surface area contributed by atoms with Gasteiger partial charge in [-0.05, 0) is 37.8 Å².